The van der Waals surface area contributed by atoms with Gasteiger partial charge >= 0.3 is 0 Å². The maximum atomic E-state index is 5.71. The fourth-order valence-corrected chi connectivity index (χ4v) is 1.42. The van der Waals surface area contributed by atoms with E-state index in [1.807, 2.05) is 6.92 Å². The van der Waals surface area contributed by atoms with Crippen molar-refractivity contribution in [3.63, 3.8) is 0 Å². The van der Waals surface area contributed by atoms with Crippen LogP contribution in [0.25, 0.3) is 0 Å². The van der Waals surface area contributed by atoms with Gasteiger partial charge in [-0.25, -0.2) is 4.98 Å². The summed E-state index contributed by atoms with van der Waals surface area (Å²) in [4.78, 5) is 7.89. The monoisotopic (exact) mass is 185 g/mol. The number of nitrogens with zero attached hydrogens (tertiary/aromatic N) is 2. The molecule has 0 saturated carbocycles. The van der Waals surface area contributed by atoms with Gasteiger partial charge < -0.3 is 10.5 Å². The van der Waals surface area contributed by atoms with Crippen LogP contribution in [0.4, 0.5) is 5.69 Å². The van der Waals surface area contributed by atoms with Gasteiger partial charge in [-0.15, -0.1) is 11.8 Å². The SMILES string of the molecule is CCSc1ncnc(OC)c1N. The molecule has 0 saturated heterocycles. The molecule has 0 aromatic carbocycles. The van der Waals surface area contributed by atoms with E-state index in [4.69, 9.17) is 10.5 Å². The number of nitrogen functional groups attached to an aromatic ring is 1. The fourth-order valence-electron chi connectivity index (χ4n) is 0.779. The Balaban J connectivity index is 2.97. The van der Waals surface area contributed by atoms with Crippen LogP contribution < -0.4 is 10.5 Å². The van der Waals surface area contributed by atoms with Crippen LogP contribution in [-0.4, -0.2) is 22.8 Å². The van der Waals surface area contributed by atoms with E-state index >= 15 is 0 Å². The molecule has 0 aliphatic rings. The first-order chi connectivity index (χ1) is 5.79. The van der Waals surface area contributed by atoms with Gasteiger partial charge in [0, 0.05) is 0 Å². The van der Waals surface area contributed by atoms with Crippen LogP contribution in [0, 0.1) is 0 Å². The zero-order valence-corrected chi connectivity index (χ0v) is 7.89. The van der Waals surface area contributed by atoms with Crippen LogP contribution in [0.3, 0.4) is 0 Å². The molecule has 0 fully saturated rings. The predicted molar refractivity (Wildman–Crippen MR) is 49.4 cm³/mol. The molecule has 5 heteroatoms. The Morgan fingerprint density at radius 3 is 2.92 bits per heavy atom. The quantitative estimate of drug-likeness (QED) is 0.566. The predicted octanol–water partition coefficient (Wildman–Crippen LogP) is 1.18. The molecule has 1 heterocycles. The Kier molecular flexibility index (Phi) is 3.16. The minimum atomic E-state index is 0.445. The van der Waals surface area contributed by atoms with Gasteiger partial charge in [0.1, 0.15) is 17.0 Å². The van der Waals surface area contributed by atoms with Crippen molar-refractivity contribution < 1.29 is 4.74 Å². The number of ether oxygens (including phenoxy) is 1. The molecule has 4 nitrogen and oxygen atoms in total. The Labute approximate surface area is 75.5 Å². The molecule has 0 unspecified atom stereocenters. The Hall–Kier alpha value is -0.970. The Morgan fingerprint density at radius 2 is 2.33 bits per heavy atom. The minimum Gasteiger partial charge on any atom is -0.479 e. The number of hydrogen-bond acceptors (Lipinski definition) is 5. The molecule has 0 spiro atoms. The summed E-state index contributed by atoms with van der Waals surface area (Å²) in [5, 5.41) is 0.782. The first kappa shape index (κ1) is 9.12. The molecule has 0 aliphatic carbocycles. The second kappa shape index (κ2) is 4.15. The van der Waals surface area contributed by atoms with Crippen LogP contribution >= 0.6 is 11.8 Å². The molecule has 12 heavy (non-hydrogen) atoms. The lowest BCUT2D eigenvalue weighted by molar-refractivity contribution is 0.397. The molecule has 66 valence electrons. The van der Waals surface area contributed by atoms with Crippen molar-refractivity contribution in [2.45, 2.75) is 11.9 Å². The zero-order chi connectivity index (χ0) is 8.97. The average molecular weight is 185 g/mol. The van der Waals surface area contributed by atoms with E-state index in [0.717, 1.165) is 10.8 Å². The van der Waals surface area contributed by atoms with Crippen molar-refractivity contribution in [3.05, 3.63) is 6.33 Å². The molecular weight excluding hydrogens is 174 g/mol. The lowest BCUT2D eigenvalue weighted by Crippen LogP contribution is -1.99. The van der Waals surface area contributed by atoms with Crippen LogP contribution in [0.15, 0.2) is 11.4 Å². The van der Waals surface area contributed by atoms with Crippen LogP contribution in [0.5, 0.6) is 5.88 Å². The number of thioether (sulfide) groups is 1. The number of nitrogens with two attached hydrogens (primary N) is 1. The van der Waals surface area contributed by atoms with Crippen molar-refractivity contribution in [1.29, 1.82) is 0 Å². The van der Waals surface area contributed by atoms with Gasteiger partial charge in [-0.1, -0.05) is 6.92 Å². The maximum absolute atomic E-state index is 5.71. The van der Waals surface area contributed by atoms with E-state index in [1.165, 1.54) is 6.33 Å². The van der Waals surface area contributed by atoms with Crippen molar-refractivity contribution in [3.8, 4) is 5.88 Å². The van der Waals surface area contributed by atoms with Gasteiger partial charge in [0.2, 0.25) is 5.88 Å². The third-order valence-corrected chi connectivity index (χ3v) is 2.17. The third kappa shape index (κ3) is 1.79. The molecule has 0 aliphatic heterocycles. The zero-order valence-electron chi connectivity index (χ0n) is 7.07. The lowest BCUT2D eigenvalue weighted by Gasteiger charge is -2.05. The Bertz CT molecular complexity index is 267. The highest BCUT2D eigenvalue weighted by Gasteiger charge is 2.06. The summed E-state index contributed by atoms with van der Waals surface area (Å²) in [5.74, 6) is 1.38. The summed E-state index contributed by atoms with van der Waals surface area (Å²) in [5.41, 5.74) is 6.23. The van der Waals surface area contributed by atoms with Crippen molar-refractivity contribution >= 4 is 17.4 Å². The first-order valence-corrected chi connectivity index (χ1v) is 4.55. The number of hydrogen-bond donors (Lipinski definition) is 1. The van der Waals surface area contributed by atoms with Crippen molar-refractivity contribution in [2.75, 3.05) is 18.6 Å². The molecular formula is C7H11N3OS. The normalized spacial score (nSPS) is 9.83. The third-order valence-electron chi connectivity index (χ3n) is 1.29. The summed E-state index contributed by atoms with van der Waals surface area (Å²) < 4.78 is 4.94. The average Bonchev–Trinajstić information content (AvgIpc) is 2.09. The van der Waals surface area contributed by atoms with Crippen LogP contribution in [0.2, 0.25) is 0 Å². The highest BCUT2D eigenvalue weighted by molar-refractivity contribution is 7.99. The topological polar surface area (TPSA) is 61.0 Å². The van der Waals surface area contributed by atoms with Crippen LogP contribution in [-0.2, 0) is 0 Å². The van der Waals surface area contributed by atoms with Crippen molar-refractivity contribution in [1.82, 2.24) is 9.97 Å². The molecule has 1 aromatic heterocycles. The minimum absolute atomic E-state index is 0.445. The standard InChI is InChI=1S/C7H11N3OS/c1-3-12-7-5(8)6(11-2)9-4-10-7/h4H,3,8H2,1-2H3. The highest BCUT2D eigenvalue weighted by Crippen LogP contribution is 2.27. The smallest absolute Gasteiger partial charge is 0.241 e. The van der Waals surface area contributed by atoms with E-state index in [0.29, 0.717) is 11.6 Å². The molecule has 0 atom stereocenters. The molecule has 0 bridgehead atoms. The summed E-state index contributed by atoms with van der Waals surface area (Å²) in [6, 6.07) is 0. The van der Waals surface area contributed by atoms with Gasteiger partial charge in [-0.2, -0.15) is 4.98 Å². The number of aromatic nitrogens is 2. The highest BCUT2D eigenvalue weighted by atomic mass is 32.2. The number of methoxy groups -OCH3 is 1. The lowest BCUT2D eigenvalue weighted by atomic mass is 10.5. The van der Waals surface area contributed by atoms with Crippen molar-refractivity contribution in [2.24, 2.45) is 0 Å². The fraction of sp³-hybridized carbons (Fsp3) is 0.429. The van der Waals surface area contributed by atoms with E-state index in [2.05, 4.69) is 9.97 Å². The largest absolute Gasteiger partial charge is 0.479 e. The Morgan fingerprint density at radius 1 is 1.58 bits per heavy atom. The van der Waals surface area contributed by atoms with Gasteiger partial charge in [0.05, 0.1) is 7.11 Å². The van der Waals surface area contributed by atoms with Gasteiger partial charge in [-0.3, -0.25) is 0 Å². The van der Waals surface area contributed by atoms with E-state index in [-0.39, 0.29) is 0 Å². The van der Waals surface area contributed by atoms with Gasteiger partial charge in [0.25, 0.3) is 0 Å². The summed E-state index contributed by atoms with van der Waals surface area (Å²) >= 11 is 1.58. The summed E-state index contributed by atoms with van der Waals surface area (Å²) in [7, 11) is 1.54. The molecule has 2 N–H and O–H groups in total. The van der Waals surface area contributed by atoms with Gasteiger partial charge in [0.15, 0.2) is 0 Å². The number of rotatable bonds is 3. The van der Waals surface area contributed by atoms with Crippen LogP contribution in [0.1, 0.15) is 6.92 Å². The summed E-state index contributed by atoms with van der Waals surface area (Å²) in [6.07, 6.45) is 1.45. The molecule has 0 amide bonds. The van der Waals surface area contributed by atoms with E-state index in [1.54, 1.807) is 18.9 Å². The van der Waals surface area contributed by atoms with E-state index in [9.17, 15) is 0 Å². The first-order valence-electron chi connectivity index (χ1n) is 3.56. The maximum Gasteiger partial charge on any atom is 0.241 e. The second-order valence-corrected chi connectivity index (χ2v) is 3.29. The summed E-state index contributed by atoms with van der Waals surface area (Å²) in [6.45, 7) is 2.04. The number of anilines is 1. The van der Waals surface area contributed by atoms with E-state index < -0.39 is 0 Å². The second-order valence-electron chi connectivity index (χ2n) is 2.03. The molecule has 1 aromatic rings. The molecule has 1 rings (SSSR count). The van der Waals surface area contributed by atoms with Gasteiger partial charge in [-0.05, 0) is 5.75 Å². The molecule has 0 radical (unpaired) electrons.